The smallest absolute Gasteiger partial charge is 0.411 e. The molecule has 0 atom stereocenters. The molecule has 9 nitrogen and oxygen atoms in total. The van der Waals surface area contributed by atoms with Crippen LogP contribution in [0.15, 0.2) is 47.6 Å². The minimum atomic E-state index is -0.465. The highest BCUT2D eigenvalue weighted by molar-refractivity contribution is 8.14. The van der Waals surface area contributed by atoms with Gasteiger partial charge >= 0.3 is 11.3 Å². The molecule has 39 heavy (non-hydrogen) atoms. The minimum absolute atomic E-state index is 0.00253. The maximum atomic E-state index is 12.6. The molecule has 0 spiro atoms. The Kier molecular flexibility index (Phi) is 11.9. The zero-order chi connectivity index (χ0) is 28.2. The molecule has 212 valence electrons. The van der Waals surface area contributed by atoms with E-state index in [2.05, 4.69) is 29.4 Å². The fourth-order valence-corrected chi connectivity index (χ4v) is 4.67. The number of rotatable bonds is 14. The fourth-order valence-electron chi connectivity index (χ4n) is 3.93. The number of thioether (sulfide) groups is 1. The van der Waals surface area contributed by atoms with Gasteiger partial charge in [-0.25, -0.2) is 9.80 Å². The Labute approximate surface area is 235 Å². The summed E-state index contributed by atoms with van der Waals surface area (Å²) in [6.07, 6.45) is 3.70. The molecule has 1 aliphatic heterocycles. The second kappa shape index (κ2) is 15.4. The van der Waals surface area contributed by atoms with Crippen LogP contribution in [0.3, 0.4) is 0 Å². The zero-order valence-electron chi connectivity index (χ0n) is 23.6. The largest absolute Gasteiger partial charge is 0.493 e. The number of methoxy groups -OCH3 is 1. The summed E-state index contributed by atoms with van der Waals surface area (Å²) in [5, 5.41) is 8.74. The number of carbonyl (C=O) groups excluding carboxylic acids is 2. The topological polar surface area (TPSA) is 92.7 Å². The van der Waals surface area contributed by atoms with E-state index >= 15 is 0 Å². The zero-order valence-corrected chi connectivity index (χ0v) is 24.4. The molecule has 1 aliphatic rings. The summed E-state index contributed by atoms with van der Waals surface area (Å²) < 4.78 is 16.6. The number of amides is 2. The monoisotopic (exact) mass is 556 g/mol. The van der Waals surface area contributed by atoms with Crippen LogP contribution >= 0.6 is 11.8 Å². The number of ether oxygens (including phenoxy) is 3. The van der Waals surface area contributed by atoms with Crippen molar-refractivity contribution in [3.05, 3.63) is 53.6 Å². The molecule has 2 aromatic rings. The van der Waals surface area contributed by atoms with Crippen molar-refractivity contribution in [2.24, 2.45) is 5.10 Å². The van der Waals surface area contributed by atoms with E-state index in [1.54, 1.807) is 19.2 Å². The number of unbranched alkanes of at least 4 members (excludes halogenated alkanes) is 3. The first-order valence-electron chi connectivity index (χ1n) is 13.3. The molecular formula is C29H40N4O5S. The lowest BCUT2D eigenvalue weighted by molar-refractivity contribution is 0.159. The van der Waals surface area contributed by atoms with Crippen LogP contribution in [-0.2, 0) is 11.3 Å². The van der Waals surface area contributed by atoms with E-state index in [9.17, 15) is 9.59 Å². The van der Waals surface area contributed by atoms with Gasteiger partial charge in [-0.15, -0.1) is 0 Å². The maximum absolute atomic E-state index is 12.6. The van der Waals surface area contributed by atoms with Gasteiger partial charge in [-0.2, -0.15) is 5.10 Å². The molecule has 0 fully saturated rings. The van der Waals surface area contributed by atoms with Crippen LogP contribution in [0.2, 0.25) is 0 Å². The molecule has 0 saturated heterocycles. The van der Waals surface area contributed by atoms with Crippen molar-refractivity contribution < 1.29 is 23.8 Å². The number of hydrazone groups is 1. The van der Waals surface area contributed by atoms with E-state index in [4.69, 9.17) is 14.2 Å². The lowest BCUT2D eigenvalue weighted by Gasteiger charge is -2.23. The average molecular weight is 557 g/mol. The van der Waals surface area contributed by atoms with Gasteiger partial charge in [0.05, 0.1) is 32.1 Å². The number of hydrogen-bond donors (Lipinski definition) is 1. The third-order valence-corrected chi connectivity index (χ3v) is 6.79. The van der Waals surface area contributed by atoms with Gasteiger partial charge in [0, 0.05) is 17.0 Å². The first-order valence-corrected chi connectivity index (χ1v) is 14.3. The molecule has 10 heteroatoms. The van der Waals surface area contributed by atoms with Crippen LogP contribution < -0.4 is 14.8 Å². The van der Waals surface area contributed by atoms with Gasteiger partial charge in [-0.3, -0.25) is 10.1 Å². The van der Waals surface area contributed by atoms with Crippen molar-refractivity contribution in [3.8, 4) is 11.5 Å². The molecule has 3 rings (SSSR count). The Morgan fingerprint density at radius 3 is 2.51 bits per heavy atom. The number of hydrogen-bond acceptors (Lipinski definition) is 8. The second-order valence-electron chi connectivity index (χ2n) is 9.87. The SMILES string of the molecule is COc1ccc(C2=NN(Cc3ccc(NC(=O)OCCCCCCN(C)C)cc3)C(=O)SC2)cc1OC(C)C. The van der Waals surface area contributed by atoms with Gasteiger partial charge in [0.1, 0.15) is 0 Å². The van der Waals surface area contributed by atoms with Crippen molar-refractivity contribution in [1.29, 1.82) is 0 Å². The molecule has 0 unspecified atom stereocenters. The van der Waals surface area contributed by atoms with Crippen molar-refractivity contribution in [2.75, 3.05) is 45.4 Å². The van der Waals surface area contributed by atoms with E-state index in [-0.39, 0.29) is 11.3 Å². The Hall–Kier alpha value is -3.24. The van der Waals surface area contributed by atoms with Crippen LogP contribution in [0.25, 0.3) is 0 Å². The van der Waals surface area contributed by atoms with Gasteiger partial charge in [0.2, 0.25) is 0 Å². The lowest BCUT2D eigenvalue weighted by atomic mass is 10.1. The van der Waals surface area contributed by atoms with E-state index in [1.165, 1.54) is 16.8 Å². The molecule has 0 aliphatic carbocycles. The number of anilines is 1. The Balaban J connectivity index is 1.53. The molecule has 2 aromatic carbocycles. The number of nitrogens with one attached hydrogen (secondary N) is 1. The molecular weight excluding hydrogens is 516 g/mol. The highest BCUT2D eigenvalue weighted by atomic mass is 32.2. The van der Waals surface area contributed by atoms with E-state index < -0.39 is 6.09 Å². The van der Waals surface area contributed by atoms with Crippen LogP contribution in [0.5, 0.6) is 11.5 Å². The average Bonchev–Trinajstić information content (AvgIpc) is 2.90. The third kappa shape index (κ3) is 10.1. The Morgan fingerprint density at radius 1 is 1.08 bits per heavy atom. The standard InChI is InChI=1S/C29H40N4O5S/c1-21(2)38-27-18-23(12-15-26(27)36-5)25-20-39-29(35)33(31-25)19-22-10-13-24(14-11-22)30-28(34)37-17-9-7-6-8-16-32(3)4/h10-15,18,21H,6-9,16-17,19-20H2,1-5H3,(H,30,34). The van der Waals surface area contributed by atoms with Crippen LogP contribution in [0.4, 0.5) is 15.3 Å². The summed E-state index contributed by atoms with van der Waals surface area (Å²) in [6.45, 7) is 5.71. The summed E-state index contributed by atoms with van der Waals surface area (Å²) in [5.74, 6) is 1.77. The van der Waals surface area contributed by atoms with Crippen LogP contribution in [0, 0.1) is 0 Å². The van der Waals surface area contributed by atoms with Gasteiger partial charge < -0.3 is 19.1 Å². The van der Waals surface area contributed by atoms with Crippen LogP contribution in [-0.4, -0.2) is 73.2 Å². The van der Waals surface area contributed by atoms with Crippen molar-refractivity contribution >= 4 is 34.5 Å². The van der Waals surface area contributed by atoms with Crippen LogP contribution in [0.1, 0.15) is 50.7 Å². The molecule has 0 aromatic heterocycles. The van der Waals surface area contributed by atoms with Gasteiger partial charge in [-0.1, -0.05) is 36.7 Å². The predicted octanol–water partition coefficient (Wildman–Crippen LogP) is 6.23. The number of carbonyl (C=O) groups is 2. The third-order valence-electron chi connectivity index (χ3n) is 5.91. The quantitative estimate of drug-likeness (QED) is 0.276. The van der Waals surface area contributed by atoms with Crippen molar-refractivity contribution in [1.82, 2.24) is 9.91 Å². The lowest BCUT2D eigenvalue weighted by Crippen LogP contribution is -2.29. The predicted molar refractivity (Wildman–Crippen MR) is 157 cm³/mol. The summed E-state index contributed by atoms with van der Waals surface area (Å²) in [7, 11) is 5.74. The molecule has 0 saturated carbocycles. The van der Waals surface area contributed by atoms with Gasteiger partial charge in [-0.05, 0) is 83.2 Å². The summed E-state index contributed by atoms with van der Waals surface area (Å²) in [5.41, 5.74) is 3.19. The molecule has 1 N–H and O–H groups in total. The fraction of sp³-hybridized carbons (Fsp3) is 0.483. The van der Waals surface area contributed by atoms with E-state index in [0.29, 0.717) is 36.1 Å². The first kappa shape index (κ1) is 30.3. The van der Waals surface area contributed by atoms with Gasteiger partial charge in [0.25, 0.3) is 0 Å². The van der Waals surface area contributed by atoms with Crippen molar-refractivity contribution in [2.45, 2.75) is 52.2 Å². The molecule has 2 amide bonds. The summed E-state index contributed by atoms with van der Waals surface area (Å²) in [6, 6.07) is 13.0. The second-order valence-corrected chi connectivity index (χ2v) is 10.8. The van der Waals surface area contributed by atoms with E-state index in [0.717, 1.165) is 49.1 Å². The number of benzene rings is 2. The summed E-state index contributed by atoms with van der Waals surface area (Å²) >= 11 is 1.21. The highest BCUT2D eigenvalue weighted by Gasteiger charge is 2.23. The molecule has 0 radical (unpaired) electrons. The first-order chi connectivity index (χ1) is 18.7. The van der Waals surface area contributed by atoms with E-state index in [1.807, 2.05) is 44.2 Å². The minimum Gasteiger partial charge on any atom is -0.493 e. The summed E-state index contributed by atoms with van der Waals surface area (Å²) in [4.78, 5) is 26.8. The Bertz CT molecular complexity index is 1120. The Morgan fingerprint density at radius 2 is 1.82 bits per heavy atom. The normalized spacial score (nSPS) is 13.5. The number of nitrogens with zero attached hydrogens (tertiary/aromatic N) is 3. The van der Waals surface area contributed by atoms with Crippen molar-refractivity contribution in [3.63, 3.8) is 0 Å². The van der Waals surface area contributed by atoms with Gasteiger partial charge in [0.15, 0.2) is 11.5 Å². The highest BCUT2D eigenvalue weighted by Crippen LogP contribution is 2.31. The molecule has 1 heterocycles. The maximum Gasteiger partial charge on any atom is 0.411 e. The molecule has 0 bridgehead atoms.